The molecule has 1 fully saturated rings. The molecule has 0 aromatic heterocycles. The average Bonchev–Trinajstić information content (AvgIpc) is 2.38. The van der Waals surface area contributed by atoms with Gasteiger partial charge in [0.1, 0.15) is 11.9 Å². The average molecular weight is 263 g/mol. The third kappa shape index (κ3) is 2.65. The molecule has 18 heavy (non-hydrogen) atoms. The maximum Gasteiger partial charge on any atom is 0.134 e. The second-order valence-corrected chi connectivity index (χ2v) is 5.08. The summed E-state index contributed by atoms with van der Waals surface area (Å²) in [7, 11) is 0. The zero-order valence-corrected chi connectivity index (χ0v) is 11.1. The monoisotopic (exact) mass is 262 g/mol. The van der Waals surface area contributed by atoms with Crippen LogP contribution in [0.5, 0.6) is 0 Å². The molecule has 0 saturated carbocycles. The van der Waals surface area contributed by atoms with Gasteiger partial charge in [-0.05, 0) is 38.0 Å². The number of carbonyl (C=O) groups is 1. The van der Waals surface area contributed by atoms with Crippen LogP contribution < -0.4 is 4.90 Å². The van der Waals surface area contributed by atoms with E-state index >= 15 is 0 Å². The number of piperidine rings is 1. The summed E-state index contributed by atoms with van der Waals surface area (Å²) in [6, 6.07) is 7.48. The van der Waals surface area contributed by atoms with Crippen LogP contribution in [0.2, 0.25) is 5.02 Å². The first-order chi connectivity index (χ1) is 8.61. The van der Waals surface area contributed by atoms with E-state index in [0.29, 0.717) is 10.6 Å². The number of hydrogen-bond donors (Lipinski definition) is 0. The standard InChI is InChI=1S/C14H15ClN2O/c1-10(18)12-3-2-6-17(9-12)13-5-4-11(8-16)14(15)7-13/h4-5,7,12H,2-3,6,9H2,1H3. The summed E-state index contributed by atoms with van der Waals surface area (Å²) >= 11 is 6.03. The van der Waals surface area contributed by atoms with Crippen LogP contribution in [-0.4, -0.2) is 18.9 Å². The molecule has 1 heterocycles. The van der Waals surface area contributed by atoms with Crippen molar-refractivity contribution in [2.75, 3.05) is 18.0 Å². The van der Waals surface area contributed by atoms with Crippen LogP contribution in [0.4, 0.5) is 5.69 Å². The number of benzene rings is 1. The Morgan fingerprint density at radius 3 is 2.94 bits per heavy atom. The van der Waals surface area contributed by atoms with E-state index in [4.69, 9.17) is 16.9 Å². The minimum Gasteiger partial charge on any atom is -0.371 e. The van der Waals surface area contributed by atoms with Crippen molar-refractivity contribution in [1.82, 2.24) is 0 Å². The molecule has 1 unspecified atom stereocenters. The summed E-state index contributed by atoms with van der Waals surface area (Å²) in [6.07, 6.45) is 1.98. The summed E-state index contributed by atoms with van der Waals surface area (Å²) in [5, 5.41) is 9.31. The molecule has 0 radical (unpaired) electrons. The Labute approximate surface area is 112 Å². The van der Waals surface area contributed by atoms with Gasteiger partial charge in [0.25, 0.3) is 0 Å². The van der Waals surface area contributed by atoms with Gasteiger partial charge in [-0.25, -0.2) is 0 Å². The van der Waals surface area contributed by atoms with E-state index in [-0.39, 0.29) is 11.7 Å². The normalized spacial score (nSPS) is 19.4. The van der Waals surface area contributed by atoms with Gasteiger partial charge in [-0.3, -0.25) is 4.79 Å². The molecule has 0 bridgehead atoms. The lowest BCUT2D eigenvalue weighted by molar-refractivity contribution is -0.120. The number of hydrogen-bond acceptors (Lipinski definition) is 3. The molecule has 1 aromatic rings. The number of ketones is 1. The SMILES string of the molecule is CC(=O)C1CCCN(c2ccc(C#N)c(Cl)c2)C1. The lowest BCUT2D eigenvalue weighted by Crippen LogP contribution is -2.38. The van der Waals surface area contributed by atoms with E-state index in [9.17, 15) is 4.79 Å². The minimum absolute atomic E-state index is 0.119. The molecular formula is C14H15ClN2O. The highest BCUT2D eigenvalue weighted by Crippen LogP contribution is 2.27. The first-order valence-electron chi connectivity index (χ1n) is 6.07. The molecule has 0 spiro atoms. The first kappa shape index (κ1) is 12.9. The van der Waals surface area contributed by atoms with Gasteiger partial charge >= 0.3 is 0 Å². The lowest BCUT2D eigenvalue weighted by Gasteiger charge is -2.33. The highest BCUT2D eigenvalue weighted by Gasteiger charge is 2.23. The molecule has 2 rings (SSSR count). The van der Waals surface area contributed by atoms with Crippen LogP contribution in [0.1, 0.15) is 25.3 Å². The van der Waals surface area contributed by atoms with Gasteiger partial charge in [0, 0.05) is 24.7 Å². The number of halogens is 1. The van der Waals surface area contributed by atoms with Gasteiger partial charge < -0.3 is 4.90 Å². The molecule has 0 N–H and O–H groups in total. The first-order valence-corrected chi connectivity index (χ1v) is 6.44. The Morgan fingerprint density at radius 2 is 2.33 bits per heavy atom. The Kier molecular flexibility index (Phi) is 3.88. The smallest absolute Gasteiger partial charge is 0.134 e. The second-order valence-electron chi connectivity index (χ2n) is 4.67. The fourth-order valence-corrected chi connectivity index (χ4v) is 2.55. The van der Waals surface area contributed by atoms with E-state index in [1.807, 2.05) is 18.2 Å². The number of rotatable bonds is 2. The van der Waals surface area contributed by atoms with Crippen molar-refractivity contribution in [3.8, 4) is 6.07 Å². The Morgan fingerprint density at radius 1 is 1.56 bits per heavy atom. The quantitative estimate of drug-likeness (QED) is 0.823. The van der Waals surface area contributed by atoms with Crippen molar-refractivity contribution in [1.29, 1.82) is 5.26 Å². The fraction of sp³-hybridized carbons (Fsp3) is 0.429. The molecule has 3 nitrogen and oxygen atoms in total. The van der Waals surface area contributed by atoms with Gasteiger partial charge in [-0.15, -0.1) is 0 Å². The third-order valence-electron chi connectivity index (χ3n) is 3.43. The summed E-state index contributed by atoms with van der Waals surface area (Å²) < 4.78 is 0. The summed E-state index contributed by atoms with van der Waals surface area (Å²) in [5.41, 5.74) is 1.48. The molecule has 1 aliphatic heterocycles. The van der Waals surface area contributed by atoms with E-state index < -0.39 is 0 Å². The lowest BCUT2D eigenvalue weighted by atomic mass is 9.94. The number of Topliss-reactive ketones (excluding diaryl/α,β-unsaturated/α-hetero) is 1. The molecule has 1 aliphatic rings. The van der Waals surface area contributed by atoms with Gasteiger partial charge in [-0.1, -0.05) is 11.6 Å². The molecule has 4 heteroatoms. The molecule has 0 amide bonds. The predicted molar refractivity (Wildman–Crippen MR) is 71.8 cm³/mol. The number of nitriles is 1. The third-order valence-corrected chi connectivity index (χ3v) is 3.75. The fourth-order valence-electron chi connectivity index (χ4n) is 2.33. The maximum atomic E-state index is 11.4. The van der Waals surface area contributed by atoms with Crippen molar-refractivity contribution in [3.63, 3.8) is 0 Å². The van der Waals surface area contributed by atoms with Gasteiger partial charge in [0.05, 0.1) is 10.6 Å². The van der Waals surface area contributed by atoms with E-state index in [0.717, 1.165) is 31.6 Å². The maximum absolute atomic E-state index is 11.4. The Bertz CT molecular complexity index is 507. The summed E-state index contributed by atoms with van der Waals surface area (Å²) in [5.74, 6) is 0.368. The van der Waals surface area contributed by atoms with Crippen molar-refractivity contribution in [2.24, 2.45) is 5.92 Å². The zero-order valence-electron chi connectivity index (χ0n) is 10.3. The minimum atomic E-state index is 0.119. The summed E-state index contributed by atoms with van der Waals surface area (Å²) in [6.45, 7) is 3.34. The van der Waals surface area contributed by atoms with E-state index in [1.54, 1.807) is 13.0 Å². The Hall–Kier alpha value is -1.53. The van der Waals surface area contributed by atoms with Gasteiger partial charge in [0.15, 0.2) is 0 Å². The zero-order chi connectivity index (χ0) is 13.1. The van der Waals surface area contributed by atoms with E-state index in [1.165, 1.54) is 0 Å². The van der Waals surface area contributed by atoms with Gasteiger partial charge in [-0.2, -0.15) is 5.26 Å². The number of anilines is 1. The largest absolute Gasteiger partial charge is 0.371 e. The van der Waals surface area contributed by atoms with Crippen molar-refractivity contribution < 1.29 is 4.79 Å². The van der Waals surface area contributed by atoms with E-state index in [2.05, 4.69) is 4.90 Å². The van der Waals surface area contributed by atoms with Crippen LogP contribution in [0.3, 0.4) is 0 Å². The molecule has 0 aliphatic carbocycles. The van der Waals surface area contributed by atoms with Crippen molar-refractivity contribution >= 4 is 23.1 Å². The second kappa shape index (κ2) is 5.41. The topological polar surface area (TPSA) is 44.1 Å². The molecule has 1 saturated heterocycles. The van der Waals surface area contributed by atoms with Crippen LogP contribution in [0, 0.1) is 17.2 Å². The number of nitrogens with zero attached hydrogens (tertiary/aromatic N) is 2. The van der Waals surface area contributed by atoms with Crippen LogP contribution in [0.15, 0.2) is 18.2 Å². The van der Waals surface area contributed by atoms with Gasteiger partial charge in [0.2, 0.25) is 0 Å². The molecular weight excluding hydrogens is 248 g/mol. The summed E-state index contributed by atoms with van der Waals surface area (Å²) in [4.78, 5) is 13.6. The molecule has 1 aromatic carbocycles. The van der Waals surface area contributed by atoms with Crippen LogP contribution in [-0.2, 0) is 4.79 Å². The van der Waals surface area contributed by atoms with Crippen molar-refractivity contribution in [3.05, 3.63) is 28.8 Å². The highest BCUT2D eigenvalue weighted by molar-refractivity contribution is 6.32. The Balaban J connectivity index is 2.19. The van der Waals surface area contributed by atoms with Crippen LogP contribution in [0.25, 0.3) is 0 Å². The van der Waals surface area contributed by atoms with Crippen molar-refractivity contribution in [2.45, 2.75) is 19.8 Å². The highest BCUT2D eigenvalue weighted by atomic mass is 35.5. The van der Waals surface area contributed by atoms with Crippen LogP contribution >= 0.6 is 11.6 Å². The molecule has 94 valence electrons. The predicted octanol–water partition coefficient (Wildman–Crippen LogP) is 3.02. The molecule has 1 atom stereocenters. The number of carbonyl (C=O) groups excluding carboxylic acids is 1.